The largest absolute Gasteiger partial charge is 0.480 e. The second kappa shape index (κ2) is 6.84. The van der Waals surface area contributed by atoms with E-state index in [9.17, 15) is 20.0 Å². The van der Waals surface area contributed by atoms with Gasteiger partial charge in [-0.2, -0.15) is 0 Å². The van der Waals surface area contributed by atoms with E-state index in [-0.39, 0.29) is 11.3 Å². The van der Waals surface area contributed by atoms with E-state index in [2.05, 4.69) is 5.32 Å². The van der Waals surface area contributed by atoms with Crippen LogP contribution in [0, 0.1) is 16.0 Å². The fourth-order valence-electron chi connectivity index (χ4n) is 1.74. The Bertz CT molecular complexity index is 460. The fraction of sp³-hybridized carbons (Fsp3) is 0.462. The zero-order valence-electron chi connectivity index (χ0n) is 11.0. The van der Waals surface area contributed by atoms with Gasteiger partial charge in [0, 0.05) is 6.07 Å². The molecule has 1 aromatic rings. The molecule has 0 heterocycles. The van der Waals surface area contributed by atoms with Gasteiger partial charge in [0.15, 0.2) is 0 Å². The maximum absolute atomic E-state index is 11.3. The van der Waals surface area contributed by atoms with Crippen molar-refractivity contribution in [2.45, 2.75) is 26.3 Å². The first kappa shape index (κ1) is 15.1. The standard InChI is InChI=1S/C13H18N2O4/c1-9(2)7-8-14-12(13(16)17)10-5-3-4-6-11(10)15(18)19/h3-6,9,12,14H,7-8H2,1-2H3,(H,16,17). The first-order valence-corrected chi connectivity index (χ1v) is 6.13. The van der Waals surface area contributed by atoms with Crippen molar-refractivity contribution in [2.75, 3.05) is 6.54 Å². The minimum absolute atomic E-state index is 0.174. The van der Waals surface area contributed by atoms with E-state index in [1.165, 1.54) is 18.2 Å². The van der Waals surface area contributed by atoms with E-state index in [1.54, 1.807) is 6.07 Å². The molecule has 0 aliphatic heterocycles. The third-order valence-corrected chi connectivity index (χ3v) is 2.76. The Morgan fingerprint density at radius 2 is 2.05 bits per heavy atom. The molecule has 19 heavy (non-hydrogen) atoms. The van der Waals surface area contributed by atoms with Crippen LogP contribution in [0.15, 0.2) is 24.3 Å². The summed E-state index contributed by atoms with van der Waals surface area (Å²) in [6.45, 7) is 4.56. The van der Waals surface area contributed by atoms with Gasteiger partial charge >= 0.3 is 5.97 Å². The van der Waals surface area contributed by atoms with Crippen molar-refractivity contribution in [3.05, 3.63) is 39.9 Å². The second-order valence-electron chi connectivity index (χ2n) is 4.72. The van der Waals surface area contributed by atoms with Crippen molar-refractivity contribution in [3.8, 4) is 0 Å². The number of carboxylic acid groups (broad SMARTS) is 1. The topological polar surface area (TPSA) is 92.5 Å². The van der Waals surface area contributed by atoms with Crippen LogP contribution in [0.4, 0.5) is 5.69 Å². The quantitative estimate of drug-likeness (QED) is 0.583. The number of nitrogens with zero attached hydrogens (tertiary/aromatic N) is 1. The molecule has 0 bridgehead atoms. The summed E-state index contributed by atoms with van der Waals surface area (Å²) in [5.41, 5.74) is 0.00991. The van der Waals surface area contributed by atoms with E-state index in [0.717, 1.165) is 6.42 Å². The molecule has 1 atom stereocenters. The average Bonchev–Trinajstić information content (AvgIpc) is 2.34. The van der Waals surface area contributed by atoms with Gasteiger partial charge in [-0.05, 0) is 24.9 Å². The maximum atomic E-state index is 11.3. The van der Waals surface area contributed by atoms with Crippen molar-refractivity contribution < 1.29 is 14.8 Å². The Morgan fingerprint density at radius 3 is 2.58 bits per heavy atom. The zero-order valence-corrected chi connectivity index (χ0v) is 11.0. The van der Waals surface area contributed by atoms with Gasteiger partial charge in [-0.15, -0.1) is 0 Å². The van der Waals surface area contributed by atoms with Crippen molar-refractivity contribution >= 4 is 11.7 Å². The molecule has 1 rings (SSSR count). The Kier molecular flexibility index (Phi) is 5.44. The zero-order chi connectivity index (χ0) is 14.4. The van der Waals surface area contributed by atoms with Crippen LogP contribution in [0.3, 0.4) is 0 Å². The van der Waals surface area contributed by atoms with Crippen molar-refractivity contribution in [2.24, 2.45) is 5.92 Å². The highest BCUT2D eigenvalue weighted by molar-refractivity contribution is 5.77. The normalized spacial score (nSPS) is 12.4. The lowest BCUT2D eigenvalue weighted by Gasteiger charge is -2.15. The summed E-state index contributed by atoms with van der Waals surface area (Å²) < 4.78 is 0. The van der Waals surface area contributed by atoms with Crippen LogP contribution < -0.4 is 5.32 Å². The highest BCUT2D eigenvalue weighted by Crippen LogP contribution is 2.25. The van der Waals surface area contributed by atoms with Gasteiger partial charge in [0.05, 0.1) is 10.5 Å². The lowest BCUT2D eigenvalue weighted by atomic mass is 10.0. The van der Waals surface area contributed by atoms with E-state index in [1.807, 2.05) is 13.8 Å². The van der Waals surface area contributed by atoms with Crippen LogP contribution >= 0.6 is 0 Å². The van der Waals surface area contributed by atoms with Crippen LogP contribution in [-0.4, -0.2) is 22.5 Å². The number of nitrogens with one attached hydrogen (secondary N) is 1. The van der Waals surface area contributed by atoms with Crippen molar-refractivity contribution in [1.29, 1.82) is 0 Å². The Balaban J connectivity index is 2.93. The predicted octanol–water partition coefficient (Wildman–Crippen LogP) is 2.36. The van der Waals surface area contributed by atoms with E-state index in [0.29, 0.717) is 12.5 Å². The van der Waals surface area contributed by atoms with Gasteiger partial charge in [0.25, 0.3) is 5.69 Å². The number of rotatable bonds is 7. The lowest BCUT2D eigenvalue weighted by Crippen LogP contribution is -2.30. The van der Waals surface area contributed by atoms with Crippen LogP contribution in [0.5, 0.6) is 0 Å². The molecular weight excluding hydrogens is 248 g/mol. The SMILES string of the molecule is CC(C)CCNC(C(=O)O)c1ccccc1[N+](=O)[O-]. The van der Waals surface area contributed by atoms with Gasteiger partial charge < -0.3 is 10.4 Å². The molecular formula is C13H18N2O4. The first-order valence-electron chi connectivity index (χ1n) is 6.13. The van der Waals surface area contributed by atoms with Gasteiger partial charge in [-0.1, -0.05) is 26.0 Å². The number of nitro benzene ring substituents is 1. The molecule has 2 N–H and O–H groups in total. The Labute approximate surface area is 111 Å². The average molecular weight is 266 g/mol. The molecule has 0 radical (unpaired) electrons. The first-order chi connectivity index (χ1) is 8.93. The number of hydrogen-bond acceptors (Lipinski definition) is 4. The molecule has 0 aromatic heterocycles. The summed E-state index contributed by atoms with van der Waals surface area (Å²) in [4.78, 5) is 21.6. The fourth-order valence-corrected chi connectivity index (χ4v) is 1.74. The van der Waals surface area contributed by atoms with Gasteiger partial charge in [-0.25, -0.2) is 0 Å². The van der Waals surface area contributed by atoms with E-state index < -0.39 is 16.9 Å². The van der Waals surface area contributed by atoms with Gasteiger partial charge in [0.1, 0.15) is 6.04 Å². The highest BCUT2D eigenvalue weighted by atomic mass is 16.6. The molecule has 0 aliphatic carbocycles. The number of hydrogen-bond donors (Lipinski definition) is 2. The molecule has 0 spiro atoms. The van der Waals surface area contributed by atoms with Gasteiger partial charge in [-0.3, -0.25) is 14.9 Å². The summed E-state index contributed by atoms with van der Waals surface area (Å²) in [7, 11) is 0. The summed E-state index contributed by atoms with van der Waals surface area (Å²) in [6, 6.07) is 4.85. The van der Waals surface area contributed by atoms with Crippen molar-refractivity contribution in [1.82, 2.24) is 5.32 Å². The number of para-hydroxylation sites is 1. The Hall–Kier alpha value is -1.95. The van der Waals surface area contributed by atoms with E-state index in [4.69, 9.17) is 0 Å². The molecule has 0 aliphatic rings. The monoisotopic (exact) mass is 266 g/mol. The van der Waals surface area contributed by atoms with E-state index >= 15 is 0 Å². The molecule has 0 amide bonds. The maximum Gasteiger partial charge on any atom is 0.325 e. The Morgan fingerprint density at radius 1 is 1.42 bits per heavy atom. The minimum Gasteiger partial charge on any atom is -0.480 e. The van der Waals surface area contributed by atoms with Gasteiger partial charge in [0.2, 0.25) is 0 Å². The molecule has 1 unspecified atom stereocenters. The lowest BCUT2D eigenvalue weighted by molar-refractivity contribution is -0.385. The molecule has 104 valence electrons. The molecule has 1 aromatic carbocycles. The third-order valence-electron chi connectivity index (χ3n) is 2.76. The summed E-state index contributed by atoms with van der Waals surface area (Å²) in [5, 5.41) is 23.0. The van der Waals surface area contributed by atoms with Crippen molar-refractivity contribution in [3.63, 3.8) is 0 Å². The molecule has 0 saturated heterocycles. The second-order valence-corrected chi connectivity index (χ2v) is 4.72. The number of carbonyl (C=O) groups is 1. The summed E-state index contributed by atoms with van der Waals surface area (Å²) in [5.74, 6) is -0.675. The molecule has 6 nitrogen and oxygen atoms in total. The summed E-state index contributed by atoms with van der Waals surface area (Å²) >= 11 is 0. The number of nitro groups is 1. The third kappa shape index (κ3) is 4.33. The molecule has 6 heteroatoms. The number of aliphatic carboxylic acids is 1. The molecule has 0 fully saturated rings. The number of benzene rings is 1. The summed E-state index contributed by atoms with van der Waals surface area (Å²) in [6.07, 6.45) is 0.810. The highest BCUT2D eigenvalue weighted by Gasteiger charge is 2.26. The van der Waals surface area contributed by atoms with Crippen LogP contribution in [-0.2, 0) is 4.79 Å². The van der Waals surface area contributed by atoms with Crippen LogP contribution in [0.1, 0.15) is 31.9 Å². The minimum atomic E-state index is -1.11. The number of carboxylic acids is 1. The van der Waals surface area contributed by atoms with Crippen LogP contribution in [0.25, 0.3) is 0 Å². The molecule has 0 saturated carbocycles. The van der Waals surface area contributed by atoms with Crippen LogP contribution in [0.2, 0.25) is 0 Å². The smallest absolute Gasteiger partial charge is 0.325 e. The predicted molar refractivity (Wildman–Crippen MR) is 70.9 cm³/mol.